The van der Waals surface area contributed by atoms with Crippen LogP contribution in [0.1, 0.15) is 25.3 Å². The van der Waals surface area contributed by atoms with Gasteiger partial charge >= 0.3 is 0 Å². The van der Waals surface area contributed by atoms with Crippen LogP contribution >= 0.6 is 0 Å². The molecule has 0 amide bonds. The average Bonchev–Trinajstić information content (AvgIpc) is 3.17. The van der Waals surface area contributed by atoms with E-state index in [2.05, 4.69) is 38.4 Å². The highest BCUT2D eigenvalue weighted by atomic mass is 15.2. The van der Waals surface area contributed by atoms with E-state index < -0.39 is 0 Å². The second kappa shape index (κ2) is 6.83. The summed E-state index contributed by atoms with van der Waals surface area (Å²) >= 11 is 0. The first kappa shape index (κ1) is 14.2. The average molecular weight is 285 g/mol. The Morgan fingerprint density at radius 2 is 2.38 bits per heavy atom. The number of rotatable bonds is 6. The molecule has 0 aromatic carbocycles. The molecule has 1 aliphatic rings. The molecule has 112 valence electrons. The largest absolute Gasteiger partial charge is 0.311 e. The van der Waals surface area contributed by atoms with Gasteiger partial charge in [-0.2, -0.15) is 5.10 Å². The Balaban J connectivity index is 1.58. The Hall–Kier alpha value is -1.72. The minimum atomic E-state index is 0.684. The lowest BCUT2D eigenvalue weighted by Crippen LogP contribution is -2.37. The van der Waals surface area contributed by atoms with Crippen LogP contribution in [0.3, 0.4) is 0 Å². The monoisotopic (exact) mass is 285 g/mol. The molecule has 2 N–H and O–H groups in total. The molecule has 1 fully saturated rings. The summed E-state index contributed by atoms with van der Waals surface area (Å²) in [5.74, 6) is 0. The number of hydrogen-bond donors (Lipinski definition) is 2. The molecule has 21 heavy (non-hydrogen) atoms. The molecule has 0 spiro atoms. The lowest BCUT2D eigenvalue weighted by molar-refractivity contribution is 0.260. The molecule has 1 unspecified atom stereocenters. The normalized spacial score (nSPS) is 19.2. The van der Waals surface area contributed by atoms with Gasteiger partial charge in [-0.1, -0.05) is 6.92 Å². The first-order valence-electron chi connectivity index (χ1n) is 7.76. The fourth-order valence-electron chi connectivity index (χ4n) is 3.12. The molecule has 0 radical (unpaired) electrons. The van der Waals surface area contributed by atoms with Crippen molar-refractivity contribution in [2.45, 2.75) is 32.4 Å². The van der Waals surface area contributed by atoms with E-state index in [1.165, 1.54) is 24.9 Å². The van der Waals surface area contributed by atoms with Crippen molar-refractivity contribution in [3.63, 3.8) is 0 Å². The topological polar surface area (TPSA) is 56.8 Å². The zero-order valence-corrected chi connectivity index (χ0v) is 12.5. The molecule has 0 bridgehead atoms. The number of aromatic nitrogens is 3. The number of H-pyrrole nitrogens is 1. The van der Waals surface area contributed by atoms with Crippen molar-refractivity contribution >= 4 is 0 Å². The van der Waals surface area contributed by atoms with Crippen LogP contribution in [0, 0.1) is 0 Å². The first-order valence-corrected chi connectivity index (χ1v) is 7.76. The third kappa shape index (κ3) is 3.31. The second-order valence-electron chi connectivity index (χ2n) is 5.57. The van der Waals surface area contributed by atoms with Crippen LogP contribution in [0.25, 0.3) is 11.3 Å². The minimum Gasteiger partial charge on any atom is -0.311 e. The fraction of sp³-hybridized carbons (Fsp3) is 0.500. The molecule has 0 saturated carbocycles. The minimum absolute atomic E-state index is 0.684. The van der Waals surface area contributed by atoms with Crippen molar-refractivity contribution in [2.75, 3.05) is 19.6 Å². The van der Waals surface area contributed by atoms with Gasteiger partial charge in [-0.15, -0.1) is 0 Å². The summed E-state index contributed by atoms with van der Waals surface area (Å²) in [5.41, 5.74) is 3.35. The Kier molecular flexibility index (Phi) is 4.62. The summed E-state index contributed by atoms with van der Waals surface area (Å²) < 4.78 is 0. The van der Waals surface area contributed by atoms with Crippen molar-refractivity contribution in [2.24, 2.45) is 0 Å². The van der Waals surface area contributed by atoms with Crippen LogP contribution in [-0.4, -0.2) is 45.8 Å². The molecule has 5 nitrogen and oxygen atoms in total. The molecule has 5 heteroatoms. The maximum absolute atomic E-state index is 4.18. The zero-order valence-electron chi connectivity index (χ0n) is 12.5. The lowest BCUT2D eigenvalue weighted by Gasteiger charge is -2.22. The molecule has 1 atom stereocenters. The predicted molar refractivity (Wildman–Crippen MR) is 83.8 cm³/mol. The molecule has 1 saturated heterocycles. The smallest absolute Gasteiger partial charge is 0.0710 e. The molecule has 2 aromatic heterocycles. The van der Waals surface area contributed by atoms with Crippen LogP contribution in [0.2, 0.25) is 0 Å². The zero-order chi connectivity index (χ0) is 14.5. The maximum Gasteiger partial charge on any atom is 0.0710 e. The van der Waals surface area contributed by atoms with E-state index in [9.17, 15) is 0 Å². The van der Waals surface area contributed by atoms with E-state index in [1.807, 2.05) is 18.5 Å². The van der Waals surface area contributed by atoms with Gasteiger partial charge in [0, 0.05) is 42.7 Å². The molecular formula is C16H23N5. The number of likely N-dealkylation sites (N-methyl/N-ethyl adjacent to an activating group) is 1. The van der Waals surface area contributed by atoms with Gasteiger partial charge in [-0.25, -0.2) is 0 Å². The van der Waals surface area contributed by atoms with Crippen molar-refractivity contribution in [1.82, 2.24) is 25.4 Å². The van der Waals surface area contributed by atoms with E-state index in [1.54, 1.807) is 6.20 Å². The summed E-state index contributed by atoms with van der Waals surface area (Å²) in [4.78, 5) is 6.73. The Bertz CT molecular complexity index is 551. The van der Waals surface area contributed by atoms with Crippen LogP contribution < -0.4 is 5.32 Å². The van der Waals surface area contributed by atoms with E-state index in [-0.39, 0.29) is 0 Å². The molecule has 3 rings (SSSR count). The van der Waals surface area contributed by atoms with Gasteiger partial charge in [-0.3, -0.25) is 15.0 Å². The second-order valence-corrected chi connectivity index (χ2v) is 5.57. The maximum atomic E-state index is 4.18. The summed E-state index contributed by atoms with van der Waals surface area (Å²) in [6, 6.07) is 4.69. The van der Waals surface area contributed by atoms with Crippen LogP contribution in [0.15, 0.2) is 30.7 Å². The SMILES string of the molecule is CCN1CCCC1CNCc1cn[nH]c1-c1cccnc1. The number of nitrogens with one attached hydrogen (secondary N) is 2. The van der Waals surface area contributed by atoms with Crippen molar-refractivity contribution in [1.29, 1.82) is 0 Å². The summed E-state index contributed by atoms with van der Waals surface area (Å²) in [6.07, 6.45) is 8.19. The van der Waals surface area contributed by atoms with Gasteiger partial charge in [0.2, 0.25) is 0 Å². The number of hydrogen-bond acceptors (Lipinski definition) is 4. The van der Waals surface area contributed by atoms with Crippen LogP contribution in [0.5, 0.6) is 0 Å². The Labute approximate surface area is 125 Å². The molecule has 2 aromatic rings. The molecule has 1 aliphatic heterocycles. The highest BCUT2D eigenvalue weighted by Crippen LogP contribution is 2.20. The number of nitrogens with zero attached hydrogens (tertiary/aromatic N) is 3. The van der Waals surface area contributed by atoms with Gasteiger partial charge in [-0.05, 0) is 38.1 Å². The molecule has 3 heterocycles. The first-order chi connectivity index (χ1) is 10.4. The van der Waals surface area contributed by atoms with E-state index >= 15 is 0 Å². The summed E-state index contributed by atoms with van der Waals surface area (Å²) in [7, 11) is 0. The van der Waals surface area contributed by atoms with E-state index in [0.29, 0.717) is 6.04 Å². The van der Waals surface area contributed by atoms with Crippen LogP contribution in [0.4, 0.5) is 0 Å². The summed E-state index contributed by atoms with van der Waals surface area (Å²) in [5, 5.41) is 10.8. The standard InChI is InChI=1S/C16H23N5/c1-2-21-8-4-6-15(21)12-18-10-14-11-19-20-16(14)13-5-3-7-17-9-13/h3,5,7,9,11,15,18H,2,4,6,8,10,12H2,1H3,(H,19,20). The number of pyridine rings is 1. The van der Waals surface area contributed by atoms with E-state index in [4.69, 9.17) is 0 Å². The van der Waals surface area contributed by atoms with Crippen molar-refractivity contribution in [3.8, 4) is 11.3 Å². The quantitative estimate of drug-likeness (QED) is 0.853. The van der Waals surface area contributed by atoms with Crippen molar-refractivity contribution in [3.05, 3.63) is 36.3 Å². The van der Waals surface area contributed by atoms with Gasteiger partial charge < -0.3 is 5.32 Å². The highest BCUT2D eigenvalue weighted by molar-refractivity contribution is 5.61. The molecular weight excluding hydrogens is 262 g/mol. The van der Waals surface area contributed by atoms with Gasteiger partial charge in [0.15, 0.2) is 0 Å². The summed E-state index contributed by atoms with van der Waals surface area (Å²) in [6.45, 7) is 6.53. The Morgan fingerprint density at radius 1 is 1.43 bits per heavy atom. The molecule has 0 aliphatic carbocycles. The van der Waals surface area contributed by atoms with E-state index in [0.717, 1.165) is 30.9 Å². The third-order valence-electron chi connectivity index (χ3n) is 4.27. The van der Waals surface area contributed by atoms with Gasteiger partial charge in [0.25, 0.3) is 0 Å². The number of likely N-dealkylation sites (tertiary alicyclic amines) is 1. The van der Waals surface area contributed by atoms with Gasteiger partial charge in [0.1, 0.15) is 0 Å². The third-order valence-corrected chi connectivity index (χ3v) is 4.27. The lowest BCUT2D eigenvalue weighted by atomic mass is 10.1. The van der Waals surface area contributed by atoms with Gasteiger partial charge in [0.05, 0.1) is 11.9 Å². The Morgan fingerprint density at radius 3 is 3.19 bits per heavy atom. The fourth-order valence-corrected chi connectivity index (χ4v) is 3.12. The van der Waals surface area contributed by atoms with Crippen molar-refractivity contribution < 1.29 is 0 Å². The predicted octanol–water partition coefficient (Wildman–Crippen LogP) is 2.05. The number of aromatic amines is 1. The van der Waals surface area contributed by atoms with Crippen LogP contribution in [-0.2, 0) is 6.54 Å². The highest BCUT2D eigenvalue weighted by Gasteiger charge is 2.22.